The van der Waals surface area contributed by atoms with Gasteiger partial charge in [-0.1, -0.05) is 6.92 Å². The van der Waals surface area contributed by atoms with Crippen LogP contribution in [0, 0.1) is 0 Å². The van der Waals surface area contributed by atoms with Gasteiger partial charge in [-0.25, -0.2) is 0 Å². The average Bonchev–Trinajstić information content (AvgIpc) is 2.10. The Balaban J connectivity index is 4.01. The first-order valence-corrected chi connectivity index (χ1v) is 5.99. The van der Waals surface area contributed by atoms with Crippen LogP contribution in [0.4, 0.5) is 13.2 Å². The van der Waals surface area contributed by atoms with Gasteiger partial charge < -0.3 is 8.85 Å². The number of halogens is 3. The molecule has 0 aromatic carbocycles. The highest BCUT2D eigenvalue weighted by Gasteiger charge is 2.34. The molecule has 1 atom stereocenters. The van der Waals surface area contributed by atoms with Crippen LogP contribution in [0.1, 0.15) is 13.3 Å². The van der Waals surface area contributed by atoms with Gasteiger partial charge in [-0.05, 0) is 6.42 Å². The van der Waals surface area contributed by atoms with Gasteiger partial charge in [-0.15, -0.1) is 13.2 Å². The Morgan fingerprint density at radius 3 is 2.00 bits per heavy atom. The molecule has 86 valence electrons. The van der Waals surface area contributed by atoms with Crippen LogP contribution in [0.25, 0.3) is 0 Å². The van der Waals surface area contributed by atoms with E-state index in [1.54, 1.807) is 6.92 Å². The summed E-state index contributed by atoms with van der Waals surface area (Å²) in [7, 11) is 0.880. The predicted molar refractivity (Wildman–Crippen MR) is 47.2 cm³/mol. The fourth-order valence-corrected chi connectivity index (χ4v) is 2.43. The maximum absolute atomic E-state index is 11.9. The van der Waals surface area contributed by atoms with Crippen LogP contribution >= 0.6 is 0 Å². The first-order chi connectivity index (χ1) is 6.42. The summed E-state index contributed by atoms with van der Waals surface area (Å²) in [5.74, 6) is 0. The molecule has 0 aliphatic rings. The Labute approximate surface area is 83.0 Å². The molecule has 0 aliphatic heterocycles. The van der Waals surface area contributed by atoms with Gasteiger partial charge in [0.25, 0.3) is 0 Å². The lowest BCUT2D eigenvalue weighted by molar-refractivity contribution is -0.340. The number of ether oxygens (including phenoxy) is 1. The second kappa shape index (κ2) is 6.39. The third kappa shape index (κ3) is 6.36. The number of hydrogen-bond acceptors (Lipinski definition) is 3. The Morgan fingerprint density at radius 2 is 1.71 bits per heavy atom. The zero-order valence-corrected chi connectivity index (χ0v) is 9.58. The first kappa shape index (κ1) is 13.9. The lowest BCUT2D eigenvalue weighted by atomic mass is 10.3. The van der Waals surface area contributed by atoms with Crippen molar-refractivity contribution in [2.75, 3.05) is 14.2 Å². The molecule has 0 spiro atoms. The van der Waals surface area contributed by atoms with E-state index in [2.05, 4.69) is 4.74 Å². The minimum absolute atomic E-state index is 0.197. The van der Waals surface area contributed by atoms with E-state index < -0.39 is 21.8 Å². The molecule has 0 heterocycles. The average molecular weight is 232 g/mol. The third-order valence-electron chi connectivity index (χ3n) is 1.74. The largest absolute Gasteiger partial charge is 0.522 e. The molecule has 0 saturated carbocycles. The van der Waals surface area contributed by atoms with Crippen LogP contribution in [0.3, 0.4) is 0 Å². The van der Waals surface area contributed by atoms with Crippen LogP contribution in [-0.4, -0.2) is 36.0 Å². The summed E-state index contributed by atoms with van der Waals surface area (Å²) in [4.78, 5) is 0. The van der Waals surface area contributed by atoms with Crippen LogP contribution in [0.2, 0.25) is 6.04 Å². The Morgan fingerprint density at radius 1 is 1.21 bits per heavy atom. The van der Waals surface area contributed by atoms with Crippen molar-refractivity contribution in [3.63, 3.8) is 0 Å². The molecule has 0 aromatic rings. The van der Waals surface area contributed by atoms with E-state index >= 15 is 0 Å². The topological polar surface area (TPSA) is 27.7 Å². The molecule has 7 heteroatoms. The Hall–Kier alpha value is -0.113. The van der Waals surface area contributed by atoms with Crippen LogP contribution in [0.5, 0.6) is 0 Å². The fraction of sp³-hybridized carbons (Fsp3) is 1.00. The predicted octanol–water partition coefficient (Wildman–Crippen LogP) is 1.81. The van der Waals surface area contributed by atoms with Crippen molar-refractivity contribution in [2.24, 2.45) is 0 Å². The van der Waals surface area contributed by atoms with Gasteiger partial charge in [0, 0.05) is 20.3 Å². The lowest BCUT2D eigenvalue weighted by Gasteiger charge is -2.20. The van der Waals surface area contributed by atoms with Gasteiger partial charge in [-0.3, -0.25) is 4.74 Å². The van der Waals surface area contributed by atoms with Gasteiger partial charge in [0.15, 0.2) is 0 Å². The Bertz CT molecular complexity index is 150. The molecule has 0 bridgehead atoms. The standard InChI is InChI=1S/C7H15F3O3Si/c1-4-6(13-7(8,9)10)5-14(11-2)12-3/h6,14H,4-5H2,1-3H3. The summed E-state index contributed by atoms with van der Waals surface area (Å²) in [6, 6.07) is 0.197. The Kier molecular flexibility index (Phi) is 6.33. The van der Waals surface area contributed by atoms with Crippen molar-refractivity contribution in [1.82, 2.24) is 0 Å². The van der Waals surface area contributed by atoms with Gasteiger partial charge in [0.2, 0.25) is 0 Å². The summed E-state index contributed by atoms with van der Waals surface area (Å²) < 4.78 is 49.3. The molecule has 0 amide bonds. The smallest absolute Gasteiger partial charge is 0.400 e. The molecular weight excluding hydrogens is 217 g/mol. The van der Waals surface area contributed by atoms with Crippen molar-refractivity contribution in [3.8, 4) is 0 Å². The summed E-state index contributed by atoms with van der Waals surface area (Å²) in [6.45, 7) is 1.63. The van der Waals surface area contributed by atoms with Crippen molar-refractivity contribution in [3.05, 3.63) is 0 Å². The first-order valence-electron chi connectivity index (χ1n) is 4.23. The van der Waals surface area contributed by atoms with Crippen LogP contribution in [-0.2, 0) is 13.6 Å². The molecule has 0 N–H and O–H groups in total. The fourth-order valence-electron chi connectivity index (χ4n) is 0.990. The molecule has 0 aliphatic carbocycles. The molecular formula is C7H15F3O3Si. The molecule has 1 unspecified atom stereocenters. The summed E-state index contributed by atoms with van der Waals surface area (Å²) in [6.07, 6.45) is -5.16. The van der Waals surface area contributed by atoms with Gasteiger partial charge in [0.1, 0.15) is 0 Å². The van der Waals surface area contributed by atoms with Gasteiger partial charge >= 0.3 is 15.6 Å². The second-order valence-electron chi connectivity index (χ2n) is 2.73. The number of rotatable bonds is 6. The maximum Gasteiger partial charge on any atom is 0.522 e. The zero-order chi connectivity index (χ0) is 11.2. The van der Waals surface area contributed by atoms with E-state index in [0.717, 1.165) is 0 Å². The zero-order valence-electron chi connectivity index (χ0n) is 8.43. The van der Waals surface area contributed by atoms with Crippen molar-refractivity contribution in [2.45, 2.75) is 31.9 Å². The highest BCUT2D eigenvalue weighted by Crippen LogP contribution is 2.22. The van der Waals surface area contributed by atoms with Gasteiger partial charge in [-0.2, -0.15) is 0 Å². The summed E-state index contributed by atoms with van der Waals surface area (Å²) >= 11 is 0. The molecule has 0 rings (SSSR count). The quantitative estimate of drug-likeness (QED) is 0.654. The van der Waals surface area contributed by atoms with Gasteiger partial charge in [0.05, 0.1) is 6.10 Å². The SMILES string of the molecule is CCC(C[SiH](OC)OC)OC(F)(F)F. The van der Waals surface area contributed by atoms with Crippen LogP contribution < -0.4 is 0 Å². The molecule has 14 heavy (non-hydrogen) atoms. The maximum atomic E-state index is 11.9. The monoisotopic (exact) mass is 232 g/mol. The molecule has 0 aromatic heterocycles. The van der Waals surface area contributed by atoms with Crippen molar-refractivity contribution < 1.29 is 26.8 Å². The molecule has 0 saturated heterocycles. The van der Waals surface area contributed by atoms with E-state index in [1.807, 2.05) is 0 Å². The van der Waals surface area contributed by atoms with Crippen molar-refractivity contribution >= 4 is 9.28 Å². The van der Waals surface area contributed by atoms with E-state index in [0.29, 0.717) is 0 Å². The second-order valence-corrected chi connectivity index (χ2v) is 5.00. The molecule has 0 fully saturated rings. The normalized spacial score (nSPS) is 14.8. The van der Waals surface area contributed by atoms with E-state index in [4.69, 9.17) is 8.85 Å². The summed E-state index contributed by atoms with van der Waals surface area (Å²) in [5.41, 5.74) is 0. The number of hydrogen-bond donors (Lipinski definition) is 0. The highest BCUT2D eigenvalue weighted by atomic mass is 28.3. The molecule has 3 nitrogen and oxygen atoms in total. The third-order valence-corrected chi connectivity index (χ3v) is 3.70. The molecule has 0 radical (unpaired) electrons. The minimum atomic E-state index is -4.58. The lowest BCUT2D eigenvalue weighted by Crippen LogP contribution is -2.30. The summed E-state index contributed by atoms with van der Waals surface area (Å²) in [5, 5.41) is 0. The minimum Gasteiger partial charge on any atom is -0.400 e. The van der Waals surface area contributed by atoms with E-state index in [-0.39, 0.29) is 12.5 Å². The van der Waals surface area contributed by atoms with Crippen molar-refractivity contribution in [1.29, 1.82) is 0 Å². The highest BCUT2D eigenvalue weighted by molar-refractivity contribution is 6.44. The number of alkyl halides is 3. The van der Waals surface area contributed by atoms with Crippen LogP contribution in [0.15, 0.2) is 0 Å². The van der Waals surface area contributed by atoms with E-state index in [9.17, 15) is 13.2 Å². The van der Waals surface area contributed by atoms with E-state index in [1.165, 1.54) is 14.2 Å².